The molecule has 1 aromatic rings. The van der Waals surface area contributed by atoms with Gasteiger partial charge in [-0.25, -0.2) is 4.79 Å². The van der Waals surface area contributed by atoms with Gasteiger partial charge in [-0.05, 0) is 53.9 Å². The average Bonchev–Trinajstić information content (AvgIpc) is 2.45. The van der Waals surface area contributed by atoms with Crippen LogP contribution in [0.4, 0.5) is 0 Å². The summed E-state index contributed by atoms with van der Waals surface area (Å²) in [6, 6.07) is 1.76. The van der Waals surface area contributed by atoms with Crippen LogP contribution in [0.2, 0.25) is 0 Å². The number of hydrogen-bond donors (Lipinski definition) is 0. The standard InChI is InChI=1S/C8H3Br3O2/c9-5-1-3-4(2-13-8(3)12)6(10)7(5)11/h1H,2H2. The van der Waals surface area contributed by atoms with Crippen LogP contribution < -0.4 is 0 Å². The zero-order chi connectivity index (χ0) is 9.59. The van der Waals surface area contributed by atoms with Crippen LogP contribution in [0.3, 0.4) is 0 Å². The third-order valence-corrected chi connectivity index (χ3v) is 5.22. The molecule has 0 unspecified atom stereocenters. The highest BCUT2D eigenvalue weighted by Crippen LogP contribution is 2.38. The first-order chi connectivity index (χ1) is 6.11. The molecule has 0 spiro atoms. The van der Waals surface area contributed by atoms with Crippen molar-refractivity contribution in [3.05, 3.63) is 30.6 Å². The summed E-state index contributed by atoms with van der Waals surface area (Å²) < 4.78 is 7.53. The number of halogens is 3. The monoisotopic (exact) mass is 368 g/mol. The van der Waals surface area contributed by atoms with Gasteiger partial charge in [0.2, 0.25) is 0 Å². The summed E-state index contributed by atoms with van der Waals surface area (Å²) >= 11 is 10.1. The number of hydrogen-bond acceptors (Lipinski definition) is 2. The fraction of sp³-hybridized carbons (Fsp3) is 0.125. The highest BCUT2D eigenvalue weighted by molar-refractivity contribution is 9.14. The second-order valence-electron chi connectivity index (χ2n) is 2.59. The maximum atomic E-state index is 11.2. The van der Waals surface area contributed by atoms with Gasteiger partial charge in [0.1, 0.15) is 6.61 Å². The Labute approximate surface area is 100 Å². The maximum Gasteiger partial charge on any atom is 0.338 e. The molecule has 1 aliphatic rings. The Morgan fingerprint density at radius 3 is 2.62 bits per heavy atom. The predicted molar refractivity (Wildman–Crippen MR) is 58.7 cm³/mol. The van der Waals surface area contributed by atoms with Gasteiger partial charge in [-0.15, -0.1) is 0 Å². The third-order valence-electron chi connectivity index (χ3n) is 1.83. The molecular formula is C8H3Br3O2. The molecule has 2 rings (SSSR count). The van der Waals surface area contributed by atoms with E-state index in [0.29, 0.717) is 12.2 Å². The smallest absolute Gasteiger partial charge is 0.338 e. The highest BCUT2D eigenvalue weighted by Gasteiger charge is 2.25. The highest BCUT2D eigenvalue weighted by atomic mass is 79.9. The van der Waals surface area contributed by atoms with Gasteiger partial charge >= 0.3 is 5.97 Å². The van der Waals surface area contributed by atoms with Crippen molar-refractivity contribution in [2.24, 2.45) is 0 Å². The van der Waals surface area contributed by atoms with E-state index in [9.17, 15) is 4.79 Å². The molecule has 0 aliphatic carbocycles. The average molecular weight is 371 g/mol. The Morgan fingerprint density at radius 1 is 1.23 bits per heavy atom. The predicted octanol–water partition coefficient (Wildman–Crippen LogP) is 3.64. The van der Waals surface area contributed by atoms with Gasteiger partial charge in [-0.3, -0.25) is 0 Å². The molecule has 0 fully saturated rings. The van der Waals surface area contributed by atoms with Crippen LogP contribution in [-0.2, 0) is 11.3 Å². The van der Waals surface area contributed by atoms with E-state index in [4.69, 9.17) is 4.74 Å². The van der Waals surface area contributed by atoms with Crippen molar-refractivity contribution < 1.29 is 9.53 Å². The van der Waals surface area contributed by atoms with Gasteiger partial charge in [0.15, 0.2) is 0 Å². The Balaban J connectivity index is 2.74. The van der Waals surface area contributed by atoms with Crippen molar-refractivity contribution >= 4 is 53.8 Å². The number of carbonyl (C=O) groups is 1. The van der Waals surface area contributed by atoms with E-state index >= 15 is 0 Å². The largest absolute Gasteiger partial charge is 0.457 e. The van der Waals surface area contributed by atoms with Crippen LogP contribution in [0.5, 0.6) is 0 Å². The van der Waals surface area contributed by atoms with E-state index in [1.807, 2.05) is 0 Å². The van der Waals surface area contributed by atoms with Crippen LogP contribution in [-0.4, -0.2) is 5.97 Å². The molecule has 68 valence electrons. The molecule has 0 bridgehead atoms. The summed E-state index contributed by atoms with van der Waals surface area (Å²) in [7, 11) is 0. The van der Waals surface area contributed by atoms with Crippen molar-refractivity contribution in [2.45, 2.75) is 6.61 Å². The number of benzene rings is 1. The molecule has 0 aromatic heterocycles. The van der Waals surface area contributed by atoms with E-state index in [1.165, 1.54) is 0 Å². The molecule has 1 aromatic carbocycles. The second-order valence-corrected chi connectivity index (χ2v) is 5.03. The summed E-state index contributed by atoms with van der Waals surface area (Å²) in [5, 5.41) is 0. The van der Waals surface area contributed by atoms with Gasteiger partial charge in [-0.1, -0.05) is 0 Å². The van der Waals surface area contributed by atoms with Crippen LogP contribution in [0.15, 0.2) is 19.5 Å². The van der Waals surface area contributed by atoms with Gasteiger partial charge in [0.25, 0.3) is 0 Å². The number of ether oxygens (including phenoxy) is 1. The molecular weight excluding hydrogens is 368 g/mol. The third kappa shape index (κ3) is 1.47. The Hall–Kier alpha value is 0.130. The summed E-state index contributed by atoms with van der Waals surface area (Å²) in [5.74, 6) is -0.260. The van der Waals surface area contributed by atoms with Crippen molar-refractivity contribution in [1.29, 1.82) is 0 Å². The van der Waals surface area contributed by atoms with E-state index in [0.717, 1.165) is 19.0 Å². The van der Waals surface area contributed by atoms with Crippen molar-refractivity contribution in [3.63, 3.8) is 0 Å². The van der Waals surface area contributed by atoms with Gasteiger partial charge in [-0.2, -0.15) is 0 Å². The Morgan fingerprint density at radius 2 is 1.92 bits per heavy atom. The molecule has 0 amide bonds. The quantitative estimate of drug-likeness (QED) is 0.515. The van der Waals surface area contributed by atoms with Crippen LogP contribution in [0.25, 0.3) is 0 Å². The van der Waals surface area contributed by atoms with Crippen LogP contribution in [0.1, 0.15) is 15.9 Å². The molecule has 2 nitrogen and oxygen atoms in total. The topological polar surface area (TPSA) is 26.3 Å². The van der Waals surface area contributed by atoms with Gasteiger partial charge < -0.3 is 4.74 Å². The lowest BCUT2D eigenvalue weighted by Crippen LogP contribution is -1.94. The second kappa shape index (κ2) is 3.37. The van der Waals surface area contributed by atoms with Crippen LogP contribution in [0, 0.1) is 0 Å². The lowest BCUT2D eigenvalue weighted by molar-refractivity contribution is 0.0535. The number of fused-ring (bicyclic) bond motifs is 1. The van der Waals surface area contributed by atoms with Gasteiger partial charge in [0.05, 0.1) is 5.56 Å². The van der Waals surface area contributed by atoms with Crippen molar-refractivity contribution in [1.82, 2.24) is 0 Å². The fourth-order valence-corrected chi connectivity index (χ4v) is 2.76. The maximum absolute atomic E-state index is 11.2. The van der Waals surface area contributed by atoms with Crippen molar-refractivity contribution in [2.75, 3.05) is 0 Å². The fourth-order valence-electron chi connectivity index (χ4n) is 1.17. The number of carbonyl (C=O) groups excluding carboxylic acids is 1. The molecule has 0 saturated heterocycles. The SMILES string of the molecule is O=C1OCc2c1cc(Br)c(Br)c2Br. The molecule has 0 atom stereocenters. The lowest BCUT2D eigenvalue weighted by atomic mass is 10.1. The molecule has 0 saturated carbocycles. The van der Waals surface area contributed by atoms with Crippen LogP contribution >= 0.6 is 47.8 Å². The first-order valence-electron chi connectivity index (χ1n) is 3.44. The summed E-state index contributed by atoms with van der Waals surface area (Å²) in [5.41, 5.74) is 1.53. The lowest BCUT2D eigenvalue weighted by Gasteiger charge is -2.03. The first kappa shape index (κ1) is 9.68. The minimum Gasteiger partial charge on any atom is -0.457 e. The zero-order valence-corrected chi connectivity index (χ0v) is 11.0. The van der Waals surface area contributed by atoms with Crippen molar-refractivity contribution in [3.8, 4) is 0 Å². The minimum absolute atomic E-state index is 0.260. The summed E-state index contributed by atoms with van der Waals surface area (Å²) in [6.45, 7) is 0.348. The molecule has 13 heavy (non-hydrogen) atoms. The Kier molecular flexibility index (Phi) is 2.51. The van der Waals surface area contributed by atoms with E-state index in [1.54, 1.807) is 6.07 Å². The first-order valence-corrected chi connectivity index (χ1v) is 5.82. The Bertz CT molecular complexity index is 401. The molecule has 0 N–H and O–H groups in total. The molecule has 5 heteroatoms. The molecule has 0 radical (unpaired) electrons. The normalized spacial score (nSPS) is 14.2. The van der Waals surface area contributed by atoms with E-state index in [-0.39, 0.29) is 5.97 Å². The number of esters is 1. The van der Waals surface area contributed by atoms with E-state index in [2.05, 4.69) is 47.8 Å². The molecule has 1 heterocycles. The summed E-state index contributed by atoms with van der Waals surface area (Å²) in [6.07, 6.45) is 0. The van der Waals surface area contributed by atoms with Gasteiger partial charge in [0, 0.05) is 19.0 Å². The number of rotatable bonds is 0. The number of cyclic esters (lactones) is 1. The zero-order valence-electron chi connectivity index (χ0n) is 6.23. The molecule has 1 aliphatic heterocycles. The van der Waals surface area contributed by atoms with E-state index < -0.39 is 0 Å². The summed E-state index contributed by atoms with van der Waals surface area (Å²) in [4.78, 5) is 11.2. The minimum atomic E-state index is -0.260.